The van der Waals surface area contributed by atoms with Gasteiger partial charge in [-0.2, -0.15) is 5.10 Å². The molecule has 1 amide bonds. The van der Waals surface area contributed by atoms with Crippen LogP contribution in [0.3, 0.4) is 0 Å². The van der Waals surface area contributed by atoms with Crippen molar-refractivity contribution in [2.45, 2.75) is 12.8 Å². The van der Waals surface area contributed by atoms with Crippen molar-refractivity contribution in [1.29, 1.82) is 0 Å². The Bertz CT molecular complexity index is 1340. The van der Waals surface area contributed by atoms with Crippen LogP contribution in [0, 0.1) is 5.92 Å². The minimum Gasteiger partial charge on any atom is -0.370 e. The number of carbonyl (C=O) groups excluding carboxylic acids is 1. The van der Waals surface area contributed by atoms with Gasteiger partial charge in [-0.3, -0.25) is 4.79 Å². The molecule has 0 bridgehead atoms. The average molecular weight is 469 g/mol. The fraction of sp³-hybridized carbons (Fsp3) is 0.308. The van der Waals surface area contributed by atoms with E-state index in [-0.39, 0.29) is 5.91 Å². The normalized spacial score (nSPS) is 15.8. The first kappa shape index (κ1) is 21.5. The first-order valence-electron chi connectivity index (χ1n) is 12.2. The van der Waals surface area contributed by atoms with Gasteiger partial charge in [-0.15, -0.1) is 0 Å². The number of aromatic nitrogens is 4. The monoisotopic (exact) mass is 468 g/mol. The standard InChI is InChI=1S/C26H28N8O/c35-26(32-21-3-1-2-4-23(21)33-13-10-27-11-14-33)22-9-12-34-25(31-22)20(17-30-34)19-7-8-24(29-16-19)28-15-18-5-6-18/h1-4,7-9,12,16-18,27H,5-6,10-11,13-15H2,(H,28,29)(H,32,35). The number of carbonyl (C=O) groups is 1. The van der Waals surface area contributed by atoms with Gasteiger partial charge in [0, 0.05) is 56.2 Å². The van der Waals surface area contributed by atoms with Gasteiger partial charge in [-0.25, -0.2) is 14.5 Å². The molecule has 4 heterocycles. The summed E-state index contributed by atoms with van der Waals surface area (Å²) in [4.78, 5) is 24.7. The van der Waals surface area contributed by atoms with Crippen molar-refractivity contribution in [2.24, 2.45) is 5.92 Å². The van der Waals surface area contributed by atoms with Crippen LogP contribution in [0.2, 0.25) is 0 Å². The molecule has 1 saturated carbocycles. The number of nitrogens with zero attached hydrogens (tertiary/aromatic N) is 5. The van der Waals surface area contributed by atoms with Gasteiger partial charge in [0.15, 0.2) is 5.65 Å². The number of benzene rings is 1. The number of hydrogen-bond acceptors (Lipinski definition) is 7. The third-order valence-corrected chi connectivity index (χ3v) is 6.55. The predicted octanol–water partition coefficient (Wildman–Crippen LogP) is 3.28. The molecule has 0 spiro atoms. The van der Waals surface area contributed by atoms with E-state index in [1.54, 1.807) is 23.0 Å². The summed E-state index contributed by atoms with van der Waals surface area (Å²) in [6.07, 6.45) is 7.96. The van der Waals surface area contributed by atoms with Gasteiger partial charge in [0.2, 0.25) is 0 Å². The van der Waals surface area contributed by atoms with Crippen LogP contribution in [0.25, 0.3) is 16.8 Å². The number of nitrogens with one attached hydrogen (secondary N) is 3. The zero-order chi connectivity index (χ0) is 23.6. The van der Waals surface area contributed by atoms with Gasteiger partial charge in [-0.05, 0) is 49.1 Å². The summed E-state index contributed by atoms with van der Waals surface area (Å²) in [6.45, 7) is 4.63. The molecule has 3 N–H and O–H groups in total. The van der Waals surface area contributed by atoms with Crippen LogP contribution in [0.1, 0.15) is 23.3 Å². The van der Waals surface area contributed by atoms with Gasteiger partial charge < -0.3 is 20.9 Å². The first-order chi connectivity index (χ1) is 17.2. The van der Waals surface area contributed by atoms with Crippen molar-refractivity contribution in [3.05, 3.63) is 66.7 Å². The highest BCUT2D eigenvalue weighted by molar-refractivity contribution is 6.05. The Balaban J connectivity index is 1.23. The second-order valence-electron chi connectivity index (χ2n) is 9.10. The predicted molar refractivity (Wildman–Crippen MR) is 137 cm³/mol. The van der Waals surface area contributed by atoms with Gasteiger partial charge >= 0.3 is 0 Å². The molecule has 4 aromatic rings. The van der Waals surface area contributed by atoms with E-state index in [1.807, 2.05) is 42.6 Å². The van der Waals surface area contributed by atoms with Crippen molar-refractivity contribution >= 4 is 28.7 Å². The summed E-state index contributed by atoms with van der Waals surface area (Å²) < 4.78 is 1.68. The highest BCUT2D eigenvalue weighted by atomic mass is 16.1. The summed E-state index contributed by atoms with van der Waals surface area (Å²) in [6, 6.07) is 13.6. The lowest BCUT2D eigenvalue weighted by Crippen LogP contribution is -2.43. The lowest BCUT2D eigenvalue weighted by molar-refractivity contribution is 0.102. The number of anilines is 3. The molecular weight excluding hydrogens is 440 g/mol. The number of amides is 1. The van der Waals surface area contributed by atoms with Crippen LogP contribution in [0.5, 0.6) is 0 Å². The minimum absolute atomic E-state index is 0.250. The third kappa shape index (κ3) is 4.67. The van der Waals surface area contributed by atoms with E-state index in [0.717, 1.165) is 67.0 Å². The quantitative estimate of drug-likeness (QED) is 0.383. The lowest BCUT2D eigenvalue weighted by Gasteiger charge is -2.31. The Kier molecular flexibility index (Phi) is 5.75. The molecule has 178 valence electrons. The van der Waals surface area contributed by atoms with E-state index in [1.165, 1.54) is 12.8 Å². The van der Waals surface area contributed by atoms with E-state index in [4.69, 9.17) is 0 Å². The van der Waals surface area contributed by atoms with Crippen molar-refractivity contribution in [2.75, 3.05) is 48.3 Å². The average Bonchev–Trinajstić information content (AvgIpc) is 3.65. The minimum atomic E-state index is -0.250. The number of para-hydroxylation sites is 2. The molecule has 1 aliphatic heterocycles. The molecule has 9 nitrogen and oxygen atoms in total. The van der Waals surface area contributed by atoms with Crippen molar-refractivity contribution in [3.63, 3.8) is 0 Å². The molecule has 2 fully saturated rings. The van der Waals surface area contributed by atoms with E-state index >= 15 is 0 Å². The third-order valence-electron chi connectivity index (χ3n) is 6.55. The van der Waals surface area contributed by atoms with E-state index < -0.39 is 0 Å². The maximum atomic E-state index is 13.2. The van der Waals surface area contributed by atoms with Gasteiger partial charge in [0.25, 0.3) is 5.91 Å². The van der Waals surface area contributed by atoms with Crippen molar-refractivity contribution in [1.82, 2.24) is 24.9 Å². The van der Waals surface area contributed by atoms with Crippen molar-refractivity contribution < 1.29 is 4.79 Å². The molecule has 0 radical (unpaired) electrons. The number of hydrogen-bond donors (Lipinski definition) is 3. The summed E-state index contributed by atoms with van der Waals surface area (Å²) in [5.74, 6) is 1.40. The Morgan fingerprint density at radius 3 is 2.71 bits per heavy atom. The van der Waals surface area contributed by atoms with Gasteiger partial charge in [-0.1, -0.05) is 12.1 Å². The topological polar surface area (TPSA) is 99.5 Å². The van der Waals surface area contributed by atoms with Crippen LogP contribution >= 0.6 is 0 Å². The van der Waals surface area contributed by atoms with Crippen LogP contribution in [0.4, 0.5) is 17.2 Å². The van der Waals surface area contributed by atoms with Crippen LogP contribution < -0.4 is 20.9 Å². The summed E-state index contributed by atoms with van der Waals surface area (Å²) in [7, 11) is 0. The molecule has 6 rings (SSSR count). The number of fused-ring (bicyclic) bond motifs is 1. The first-order valence-corrected chi connectivity index (χ1v) is 12.2. The molecule has 9 heteroatoms. The molecule has 0 unspecified atom stereocenters. The van der Waals surface area contributed by atoms with E-state index in [2.05, 4.69) is 35.9 Å². The molecule has 1 aromatic carbocycles. The smallest absolute Gasteiger partial charge is 0.274 e. The Morgan fingerprint density at radius 1 is 1.06 bits per heavy atom. The molecule has 0 atom stereocenters. The zero-order valence-electron chi connectivity index (χ0n) is 19.4. The fourth-order valence-corrected chi connectivity index (χ4v) is 4.37. The Hall–Kier alpha value is -3.98. The molecule has 2 aliphatic rings. The SMILES string of the molecule is O=C(Nc1ccccc1N1CCNCC1)c1ccn2ncc(-c3ccc(NCC4CC4)nc3)c2n1. The second kappa shape index (κ2) is 9.34. The van der Waals surface area contributed by atoms with Gasteiger partial charge in [0.05, 0.1) is 17.6 Å². The van der Waals surface area contributed by atoms with Gasteiger partial charge in [0.1, 0.15) is 11.5 Å². The maximum absolute atomic E-state index is 13.2. The van der Waals surface area contributed by atoms with Crippen LogP contribution in [-0.4, -0.2) is 58.2 Å². The fourth-order valence-electron chi connectivity index (χ4n) is 4.37. The molecule has 35 heavy (non-hydrogen) atoms. The van der Waals surface area contributed by atoms with Crippen molar-refractivity contribution in [3.8, 4) is 11.1 Å². The molecule has 3 aromatic heterocycles. The highest BCUT2D eigenvalue weighted by Crippen LogP contribution is 2.29. The van der Waals surface area contributed by atoms with E-state index in [9.17, 15) is 4.79 Å². The van der Waals surface area contributed by atoms with Crippen LogP contribution in [-0.2, 0) is 0 Å². The highest BCUT2D eigenvalue weighted by Gasteiger charge is 2.21. The number of piperazine rings is 1. The van der Waals surface area contributed by atoms with Crippen LogP contribution in [0.15, 0.2) is 61.1 Å². The Labute approximate surface area is 203 Å². The maximum Gasteiger partial charge on any atom is 0.274 e. The summed E-state index contributed by atoms with van der Waals surface area (Å²) in [5, 5.41) is 14.2. The zero-order valence-corrected chi connectivity index (χ0v) is 19.4. The largest absolute Gasteiger partial charge is 0.370 e. The Morgan fingerprint density at radius 2 is 1.91 bits per heavy atom. The second-order valence-corrected chi connectivity index (χ2v) is 9.10. The summed E-state index contributed by atoms with van der Waals surface area (Å²) >= 11 is 0. The molecular formula is C26H28N8O. The lowest BCUT2D eigenvalue weighted by atomic mass is 10.1. The number of rotatable bonds is 7. The molecule has 1 aliphatic carbocycles. The number of pyridine rings is 1. The molecule has 1 saturated heterocycles. The summed E-state index contributed by atoms with van der Waals surface area (Å²) in [5.41, 5.74) is 4.51. The van der Waals surface area contributed by atoms with E-state index in [0.29, 0.717) is 11.3 Å².